The summed E-state index contributed by atoms with van der Waals surface area (Å²) in [6, 6.07) is 18.1. The minimum Gasteiger partial charge on any atom is -0.346 e. The number of nitrogens with one attached hydrogen (secondary N) is 2. The van der Waals surface area contributed by atoms with Crippen LogP contribution in [0.1, 0.15) is 71.9 Å². The molecular weight excluding hydrogens is 444 g/mol. The third-order valence-corrected chi connectivity index (χ3v) is 7.65. The maximum atomic E-state index is 13.1. The number of sulfonamides is 1. The van der Waals surface area contributed by atoms with E-state index in [0.29, 0.717) is 16.8 Å². The highest BCUT2D eigenvalue weighted by atomic mass is 32.2. The van der Waals surface area contributed by atoms with Crippen molar-refractivity contribution in [3.63, 3.8) is 0 Å². The molecule has 0 radical (unpaired) electrons. The number of anilines is 1. The molecule has 0 saturated carbocycles. The lowest BCUT2D eigenvalue weighted by atomic mass is 9.86. The highest BCUT2D eigenvalue weighted by molar-refractivity contribution is 7.92. The van der Waals surface area contributed by atoms with E-state index in [2.05, 4.69) is 42.9 Å². The highest BCUT2D eigenvalue weighted by Crippen LogP contribution is 2.25. The molecule has 3 rings (SSSR count). The first kappa shape index (κ1) is 25.5. The fourth-order valence-corrected chi connectivity index (χ4v) is 5.00. The van der Waals surface area contributed by atoms with Crippen LogP contribution in [-0.4, -0.2) is 14.3 Å². The molecule has 0 heterocycles. The number of amides is 1. The van der Waals surface area contributed by atoms with Crippen LogP contribution in [-0.2, 0) is 15.4 Å². The van der Waals surface area contributed by atoms with Gasteiger partial charge in [-0.15, -0.1) is 0 Å². The van der Waals surface area contributed by atoms with Gasteiger partial charge in [0, 0.05) is 11.3 Å². The van der Waals surface area contributed by atoms with Crippen LogP contribution in [0.25, 0.3) is 0 Å². The third kappa shape index (κ3) is 5.86. The molecule has 0 aliphatic heterocycles. The summed E-state index contributed by atoms with van der Waals surface area (Å²) in [4.78, 5) is 13.0. The minimum atomic E-state index is -3.86. The van der Waals surface area contributed by atoms with E-state index in [-0.39, 0.29) is 22.3 Å². The van der Waals surface area contributed by atoms with E-state index in [1.54, 1.807) is 31.2 Å². The summed E-state index contributed by atoms with van der Waals surface area (Å²) in [5, 5.41) is 2.98. The van der Waals surface area contributed by atoms with E-state index < -0.39 is 10.0 Å². The molecule has 0 bridgehead atoms. The van der Waals surface area contributed by atoms with Gasteiger partial charge in [-0.25, -0.2) is 8.42 Å². The van der Waals surface area contributed by atoms with Gasteiger partial charge in [0.15, 0.2) is 0 Å². The maximum absolute atomic E-state index is 13.1. The number of rotatable bonds is 6. The van der Waals surface area contributed by atoms with Crippen LogP contribution >= 0.6 is 0 Å². The summed E-state index contributed by atoms with van der Waals surface area (Å²) in [6.45, 7) is 14.0. The van der Waals surface area contributed by atoms with Gasteiger partial charge in [-0.3, -0.25) is 9.52 Å². The van der Waals surface area contributed by atoms with E-state index in [9.17, 15) is 13.2 Å². The number of carbonyl (C=O) groups excluding carboxylic acids is 1. The fourth-order valence-electron chi connectivity index (χ4n) is 3.68. The van der Waals surface area contributed by atoms with Crippen molar-refractivity contribution in [3.8, 4) is 0 Å². The molecule has 0 aliphatic carbocycles. The fraction of sp³-hybridized carbons (Fsp3) is 0.321. The van der Waals surface area contributed by atoms with Crippen LogP contribution in [0.2, 0.25) is 0 Å². The number of hydrogen-bond donors (Lipinski definition) is 2. The second-order valence-corrected chi connectivity index (χ2v) is 11.6. The van der Waals surface area contributed by atoms with Crippen LogP contribution in [0.15, 0.2) is 65.6 Å². The van der Waals surface area contributed by atoms with Gasteiger partial charge in [0.05, 0.1) is 10.9 Å². The lowest BCUT2D eigenvalue weighted by Gasteiger charge is -2.21. The molecule has 1 amide bonds. The van der Waals surface area contributed by atoms with Gasteiger partial charge in [-0.05, 0) is 85.2 Å². The maximum Gasteiger partial charge on any atom is 0.262 e. The Bertz CT molecular complexity index is 1300. The molecule has 0 saturated heterocycles. The Labute approximate surface area is 203 Å². The molecule has 180 valence electrons. The van der Waals surface area contributed by atoms with Gasteiger partial charge in [-0.2, -0.15) is 0 Å². The average molecular weight is 479 g/mol. The molecule has 2 N–H and O–H groups in total. The molecular formula is C28H34N2O3S. The topological polar surface area (TPSA) is 75.3 Å². The summed E-state index contributed by atoms with van der Waals surface area (Å²) < 4.78 is 28.8. The van der Waals surface area contributed by atoms with E-state index in [1.165, 1.54) is 11.6 Å². The summed E-state index contributed by atoms with van der Waals surface area (Å²) >= 11 is 0. The molecule has 5 nitrogen and oxygen atoms in total. The summed E-state index contributed by atoms with van der Waals surface area (Å²) in [6.07, 6.45) is 0. The second-order valence-electron chi connectivity index (χ2n) is 9.95. The molecule has 0 aromatic heterocycles. The first-order valence-corrected chi connectivity index (χ1v) is 12.9. The van der Waals surface area contributed by atoms with Crippen LogP contribution < -0.4 is 10.0 Å². The van der Waals surface area contributed by atoms with Crippen molar-refractivity contribution < 1.29 is 13.2 Å². The van der Waals surface area contributed by atoms with Crippen molar-refractivity contribution in [2.75, 3.05) is 4.72 Å². The molecule has 0 fully saturated rings. The predicted molar refractivity (Wildman–Crippen MR) is 139 cm³/mol. The van der Waals surface area contributed by atoms with E-state index in [0.717, 1.165) is 16.7 Å². The Morgan fingerprint density at radius 2 is 1.44 bits per heavy atom. The Hall–Kier alpha value is -3.12. The predicted octanol–water partition coefficient (Wildman–Crippen LogP) is 6.20. The van der Waals surface area contributed by atoms with Gasteiger partial charge in [0.25, 0.3) is 15.9 Å². The monoisotopic (exact) mass is 478 g/mol. The molecule has 0 aliphatic rings. The Morgan fingerprint density at radius 3 is 2.03 bits per heavy atom. The van der Waals surface area contributed by atoms with Crippen LogP contribution in [0.5, 0.6) is 0 Å². The van der Waals surface area contributed by atoms with Crippen molar-refractivity contribution in [1.82, 2.24) is 5.32 Å². The summed E-state index contributed by atoms with van der Waals surface area (Å²) in [5.41, 5.74) is 5.69. The zero-order valence-electron chi connectivity index (χ0n) is 21.0. The largest absolute Gasteiger partial charge is 0.346 e. The average Bonchev–Trinajstić information content (AvgIpc) is 2.75. The quantitative estimate of drug-likeness (QED) is 0.443. The van der Waals surface area contributed by atoms with Crippen molar-refractivity contribution in [2.45, 2.75) is 64.8 Å². The van der Waals surface area contributed by atoms with Gasteiger partial charge < -0.3 is 5.32 Å². The molecule has 0 spiro atoms. The lowest BCUT2D eigenvalue weighted by Crippen LogP contribution is -2.27. The van der Waals surface area contributed by atoms with Crippen LogP contribution in [0, 0.1) is 20.8 Å². The number of benzene rings is 3. The van der Waals surface area contributed by atoms with Crippen molar-refractivity contribution in [1.29, 1.82) is 0 Å². The summed E-state index contributed by atoms with van der Waals surface area (Å²) in [7, 11) is -3.86. The molecule has 1 atom stereocenters. The van der Waals surface area contributed by atoms with Crippen molar-refractivity contribution in [2.24, 2.45) is 0 Å². The zero-order valence-corrected chi connectivity index (χ0v) is 21.8. The van der Waals surface area contributed by atoms with E-state index >= 15 is 0 Å². The zero-order chi connectivity index (χ0) is 25.3. The normalized spacial score (nSPS) is 12.8. The second kappa shape index (κ2) is 9.63. The third-order valence-electron chi connectivity index (χ3n) is 6.12. The van der Waals surface area contributed by atoms with E-state index in [4.69, 9.17) is 0 Å². The summed E-state index contributed by atoms with van der Waals surface area (Å²) in [5.74, 6) is -0.324. The molecule has 3 aromatic carbocycles. The van der Waals surface area contributed by atoms with Crippen LogP contribution in [0.4, 0.5) is 5.69 Å². The van der Waals surface area contributed by atoms with Crippen LogP contribution in [0.3, 0.4) is 0 Å². The smallest absolute Gasteiger partial charge is 0.262 e. The van der Waals surface area contributed by atoms with Gasteiger partial charge in [0.2, 0.25) is 0 Å². The molecule has 6 heteroatoms. The standard InChI is InChI=1S/C28H34N2O3S/c1-18-9-15-25(16-20(18)3)30-34(32,33)26-17-23(10-8-19(26)2)27(31)29-21(4)22-11-13-24(14-12-22)28(5,6)7/h8-17,21,30H,1-7H3,(H,29,31)/t21-/m0/s1. The van der Waals surface area contributed by atoms with Crippen molar-refractivity contribution >= 4 is 21.6 Å². The molecule has 34 heavy (non-hydrogen) atoms. The highest BCUT2D eigenvalue weighted by Gasteiger charge is 2.21. The number of hydrogen-bond acceptors (Lipinski definition) is 3. The molecule has 3 aromatic rings. The SMILES string of the molecule is Cc1ccc(NS(=O)(=O)c2cc(C(=O)N[C@@H](C)c3ccc(C(C)(C)C)cc3)ccc2C)cc1C. The Morgan fingerprint density at radius 1 is 0.824 bits per heavy atom. The van der Waals surface area contributed by atoms with Gasteiger partial charge >= 0.3 is 0 Å². The number of aryl methyl sites for hydroxylation is 3. The lowest BCUT2D eigenvalue weighted by molar-refractivity contribution is 0.0939. The van der Waals surface area contributed by atoms with E-state index in [1.807, 2.05) is 39.0 Å². The first-order valence-electron chi connectivity index (χ1n) is 11.4. The van der Waals surface area contributed by atoms with Gasteiger partial charge in [0.1, 0.15) is 0 Å². The Balaban J connectivity index is 1.80. The molecule has 0 unspecified atom stereocenters. The van der Waals surface area contributed by atoms with Gasteiger partial charge in [-0.1, -0.05) is 57.2 Å². The first-order chi connectivity index (χ1) is 15.8. The number of carbonyl (C=O) groups is 1. The minimum absolute atomic E-state index is 0.0557. The van der Waals surface area contributed by atoms with Crippen molar-refractivity contribution in [3.05, 3.63) is 94.0 Å². The Kier molecular flexibility index (Phi) is 7.22.